The summed E-state index contributed by atoms with van der Waals surface area (Å²) in [6, 6.07) is 3.02. The number of halogens is 3. The number of β-amino-alcohol motifs (C(OH)–C–C–N with tert-alkyl or cyclic N) is 1. The van der Waals surface area contributed by atoms with Crippen LogP contribution in [0.1, 0.15) is 23.2 Å². The molecule has 1 saturated carbocycles. The van der Waals surface area contributed by atoms with Crippen LogP contribution in [0.5, 0.6) is 0 Å². The van der Waals surface area contributed by atoms with Gasteiger partial charge in [0, 0.05) is 38.8 Å². The molecule has 1 N–H and O–H groups in total. The number of hydrogen-bond donors (Lipinski definition) is 1. The zero-order valence-electron chi connectivity index (χ0n) is 12.8. The van der Waals surface area contributed by atoms with E-state index < -0.39 is 17.5 Å². The van der Waals surface area contributed by atoms with Gasteiger partial charge in [0.15, 0.2) is 0 Å². The molecule has 1 unspecified atom stereocenters. The van der Waals surface area contributed by atoms with E-state index in [9.17, 15) is 18.7 Å². The maximum Gasteiger partial charge on any atom is 0.256 e. The number of amides is 1. The van der Waals surface area contributed by atoms with Gasteiger partial charge in [-0.3, -0.25) is 9.69 Å². The van der Waals surface area contributed by atoms with E-state index in [1.165, 1.54) is 6.07 Å². The number of hydrogen-bond acceptors (Lipinski definition) is 3. The van der Waals surface area contributed by atoms with E-state index >= 15 is 0 Å². The third kappa shape index (κ3) is 4.40. The van der Waals surface area contributed by atoms with Gasteiger partial charge in [-0.05, 0) is 30.9 Å². The molecule has 128 valence electrons. The fraction of sp³-hybridized carbons (Fsp3) is 0.562. The van der Waals surface area contributed by atoms with E-state index in [1.807, 2.05) is 0 Å². The van der Waals surface area contributed by atoms with Gasteiger partial charge in [-0.1, -0.05) is 0 Å². The average molecular weight is 347 g/mol. The lowest BCUT2D eigenvalue weighted by molar-refractivity contribution is 0.0485. The van der Waals surface area contributed by atoms with Crippen molar-refractivity contribution in [3.8, 4) is 0 Å². The van der Waals surface area contributed by atoms with Crippen molar-refractivity contribution >= 4 is 18.3 Å². The van der Waals surface area contributed by atoms with Crippen molar-refractivity contribution in [3.05, 3.63) is 35.4 Å². The standard InChI is InChI=1S/C16H20F2N2O2.ClH/c17-12-3-4-13(14(18)9-12)16(22)20-7-5-19(6-8-20)10-15(21)11-1-2-11;/h3-4,9,11,15,21H,1-2,5-8,10H2;1H. The third-order valence-corrected chi connectivity index (χ3v) is 4.43. The number of carbonyl (C=O) groups is 1. The maximum absolute atomic E-state index is 13.7. The van der Waals surface area contributed by atoms with Crippen molar-refractivity contribution in [2.24, 2.45) is 5.92 Å². The van der Waals surface area contributed by atoms with Crippen LogP contribution >= 0.6 is 12.4 Å². The second kappa shape index (κ2) is 7.55. The summed E-state index contributed by atoms with van der Waals surface area (Å²) in [7, 11) is 0. The molecule has 0 aromatic heterocycles. The van der Waals surface area contributed by atoms with Gasteiger partial charge in [0.1, 0.15) is 11.6 Å². The molecule has 1 atom stereocenters. The first-order valence-electron chi connectivity index (χ1n) is 7.69. The summed E-state index contributed by atoms with van der Waals surface area (Å²) in [5.74, 6) is -1.47. The van der Waals surface area contributed by atoms with Crippen LogP contribution in [0.3, 0.4) is 0 Å². The molecule has 1 aliphatic heterocycles. The van der Waals surface area contributed by atoms with Crippen LogP contribution in [0.15, 0.2) is 18.2 Å². The number of rotatable bonds is 4. The first kappa shape index (κ1) is 18.1. The van der Waals surface area contributed by atoms with Gasteiger partial charge in [0.05, 0.1) is 11.7 Å². The Labute approximate surface area is 140 Å². The minimum atomic E-state index is -0.823. The normalized spacial score (nSPS) is 20.0. The van der Waals surface area contributed by atoms with Crippen molar-refractivity contribution in [1.29, 1.82) is 0 Å². The van der Waals surface area contributed by atoms with Crippen molar-refractivity contribution in [2.45, 2.75) is 18.9 Å². The van der Waals surface area contributed by atoms with Crippen molar-refractivity contribution < 1.29 is 18.7 Å². The van der Waals surface area contributed by atoms with E-state index in [1.54, 1.807) is 4.90 Å². The van der Waals surface area contributed by atoms with Crippen LogP contribution in [-0.4, -0.2) is 59.6 Å². The van der Waals surface area contributed by atoms with E-state index in [0.717, 1.165) is 25.0 Å². The summed E-state index contributed by atoms with van der Waals surface area (Å²) in [5, 5.41) is 9.95. The molecule has 3 rings (SSSR count). The smallest absolute Gasteiger partial charge is 0.256 e. The largest absolute Gasteiger partial charge is 0.392 e. The quantitative estimate of drug-likeness (QED) is 0.905. The van der Waals surface area contributed by atoms with Crippen LogP contribution in [0.25, 0.3) is 0 Å². The first-order chi connectivity index (χ1) is 10.5. The Morgan fingerprint density at radius 3 is 2.43 bits per heavy atom. The fourth-order valence-corrected chi connectivity index (χ4v) is 2.86. The molecular formula is C16H21ClF2N2O2. The number of aliphatic hydroxyl groups is 1. The van der Waals surface area contributed by atoms with Crippen molar-refractivity contribution in [1.82, 2.24) is 9.80 Å². The van der Waals surface area contributed by atoms with Gasteiger partial charge in [-0.2, -0.15) is 0 Å². The molecule has 1 aliphatic carbocycles. The zero-order valence-corrected chi connectivity index (χ0v) is 13.6. The lowest BCUT2D eigenvalue weighted by atomic mass is 10.1. The highest BCUT2D eigenvalue weighted by Crippen LogP contribution is 2.32. The van der Waals surface area contributed by atoms with Crippen LogP contribution in [0, 0.1) is 17.6 Å². The third-order valence-electron chi connectivity index (χ3n) is 4.43. The molecule has 7 heteroatoms. The van der Waals surface area contributed by atoms with Crippen LogP contribution in [-0.2, 0) is 0 Å². The van der Waals surface area contributed by atoms with E-state index in [4.69, 9.17) is 0 Å². The lowest BCUT2D eigenvalue weighted by Gasteiger charge is -2.35. The molecular weight excluding hydrogens is 326 g/mol. The molecule has 2 aliphatic rings. The molecule has 23 heavy (non-hydrogen) atoms. The van der Waals surface area contributed by atoms with Crippen molar-refractivity contribution in [2.75, 3.05) is 32.7 Å². The molecule has 0 radical (unpaired) electrons. The van der Waals surface area contributed by atoms with E-state index in [0.29, 0.717) is 38.6 Å². The first-order valence-corrected chi connectivity index (χ1v) is 7.69. The van der Waals surface area contributed by atoms with E-state index in [-0.39, 0.29) is 24.1 Å². The Hall–Kier alpha value is -1.24. The number of carbonyl (C=O) groups excluding carboxylic acids is 1. The minimum Gasteiger partial charge on any atom is -0.392 e. The Kier molecular flexibility index (Phi) is 5.95. The molecule has 0 spiro atoms. The molecule has 4 nitrogen and oxygen atoms in total. The van der Waals surface area contributed by atoms with Crippen LogP contribution in [0.4, 0.5) is 8.78 Å². The lowest BCUT2D eigenvalue weighted by Crippen LogP contribution is -2.50. The summed E-state index contributed by atoms with van der Waals surface area (Å²) in [6.45, 7) is 2.95. The molecule has 1 saturated heterocycles. The summed E-state index contributed by atoms with van der Waals surface area (Å²) in [6.07, 6.45) is 1.92. The Balaban J connectivity index is 0.00000192. The van der Waals surface area contributed by atoms with Crippen molar-refractivity contribution in [3.63, 3.8) is 0 Å². The van der Waals surface area contributed by atoms with Gasteiger partial charge in [0.25, 0.3) is 5.91 Å². The van der Waals surface area contributed by atoms with Crippen LogP contribution in [0.2, 0.25) is 0 Å². The highest BCUT2D eigenvalue weighted by Gasteiger charge is 2.32. The van der Waals surface area contributed by atoms with Gasteiger partial charge < -0.3 is 10.0 Å². The SMILES string of the molecule is Cl.O=C(c1ccc(F)cc1F)N1CCN(CC(O)C2CC2)CC1. The summed E-state index contributed by atoms with van der Waals surface area (Å²) < 4.78 is 26.6. The number of benzene rings is 1. The Bertz CT molecular complexity index is 561. The fourth-order valence-electron chi connectivity index (χ4n) is 2.86. The van der Waals surface area contributed by atoms with Gasteiger partial charge in [-0.15, -0.1) is 12.4 Å². The summed E-state index contributed by atoms with van der Waals surface area (Å²) in [5.41, 5.74) is -0.0899. The highest BCUT2D eigenvalue weighted by molar-refractivity contribution is 5.94. The van der Waals surface area contributed by atoms with Gasteiger partial charge in [0.2, 0.25) is 0 Å². The van der Waals surface area contributed by atoms with E-state index in [2.05, 4.69) is 4.90 Å². The summed E-state index contributed by atoms with van der Waals surface area (Å²) in [4.78, 5) is 16.0. The molecule has 2 fully saturated rings. The highest BCUT2D eigenvalue weighted by atomic mass is 35.5. The Morgan fingerprint density at radius 1 is 1.22 bits per heavy atom. The average Bonchev–Trinajstić information content (AvgIpc) is 3.32. The Morgan fingerprint density at radius 2 is 1.87 bits per heavy atom. The number of aliphatic hydroxyl groups excluding tert-OH is 1. The molecule has 1 aromatic rings. The second-order valence-corrected chi connectivity index (χ2v) is 6.12. The maximum atomic E-state index is 13.7. The summed E-state index contributed by atoms with van der Waals surface area (Å²) >= 11 is 0. The number of nitrogens with zero attached hydrogens (tertiary/aromatic N) is 2. The molecule has 1 aromatic carbocycles. The second-order valence-electron chi connectivity index (χ2n) is 6.12. The predicted molar refractivity (Wildman–Crippen MR) is 84.7 cm³/mol. The van der Waals surface area contributed by atoms with Gasteiger partial charge >= 0.3 is 0 Å². The molecule has 1 amide bonds. The number of piperazine rings is 1. The monoisotopic (exact) mass is 346 g/mol. The van der Waals surface area contributed by atoms with Crippen LogP contribution < -0.4 is 0 Å². The molecule has 1 heterocycles. The zero-order chi connectivity index (χ0) is 15.7. The minimum absolute atomic E-state index is 0. The van der Waals surface area contributed by atoms with Gasteiger partial charge in [-0.25, -0.2) is 8.78 Å². The molecule has 0 bridgehead atoms. The topological polar surface area (TPSA) is 43.8 Å². The predicted octanol–water partition coefficient (Wildman–Crippen LogP) is 1.92.